The molecule has 0 bridgehead atoms. The number of hydrogen-bond acceptors (Lipinski definition) is 6. The standard InChI is InChI=1S/C11H12ClN5O2/c1-6-16-10(19-17-6)5-15-11(18)7-3-9(13-2)14-4-8(7)12/h3-4H,5H2,1-2H3,(H,13,14)(H,15,18). The third kappa shape index (κ3) is 3.19. The number of halogens is 1. The Kier molecular flexibility index (Phi) is 3.96. The number of aryl methyl sites for hydroxylation is 1. The minimum absolute atomic E-state index is 0.146. The van der Waals surface area contributed by atoms with Gasteiger partial charge in [-0.2, -0.15) is 4.98 Å². The van der Waals surface area contributed by atoms with Crippen LogP contribution in [-0.4, -0.2) is 28.1 Å². The highest BCUT2D eigenvalue weighted by atomic mass is 35.5. The number of hydrogen-bond donors (Lipinski definition) is 2. The summed E-state index contributed by atoms with van der Waals surface area (Å²) in [6, 6.07) is 1.57. The van der Waals surface area contributed by atoms with E-state index in [0.717, 1.165) is 0 Å². The highest BCUT2D eigenvalue weighted by Gasteiger charge is 2.13. The first-order valence-electron chi connectivity index (χ1n) is 5.51. The molecule has 0 saturated carbocycles. The Bertz CT molecular complexity index is 599. The van der Waals surface area contributed by atoms with E-state index in [1.165, 1.54) is 6.20 Å². The van der Waals surface area contributed by atoms with Crippen molar-refractivity contribution in [3.8, 4) is 0 Å². The van der Waals surface area contributed by atoms with Gasteiger partial charge in [-0.3, -0.25) is 4.79 Å². The summed E-state index contributed by atoms with van der Waals surface area (Å²) in [4.78, 5) is 20.0. The predicted octanol–water partition coefficient (Wildman–Crippen LogP) is 1.40. The highest BCUT2D eigenvalue weighted by molar-refractivity contribution is 6.33. The summed E-state index contributed by atoms with van der Waals surface area (Å²) >= 11 is 5.93. The summed E-state index contributed by atoms with van der Waals surface area (Å²) in [6.07, 6.45) is 1.42. The topological polar surface area (TPSA) is 92.9 Å². The number of carbonyl (C=O) groups excluding carboxylic acids is 1. The van der Waals surface area contributed by atoms with Gasteiger partial charge < -0.3 is 15.2 Å². The molecule has 100 valence electrons. The van der Waals surface area contributed by atoms with Crippen LogP contribution < -0.4 is 10.6 Å². The van der Waals surface area contributed by atoms with E-state index >= 15 is 0 Å². The molecular formula is C11H12ClN5O2. The first-order valence-corrected chi connectivity index (χ1v) is 5.88. The molecule has 2 aromatic heterocycles. The summed E-state index contributed by atoms with van der Waals surface area (Å²) in [5, 5.41) is 9.39. The van der Waals surface area contributed by atoms with E-state index in [0.29, 0.717) is 23.1 Å². The molecule has 8 heteroatoms. The van der Waals surface area contributed by atoms with Gasteiger partial charge in [0.05, 0.1) is 17.1 Å². The molecule has 0 aromatic carbocycles. The second-order valence-electron chi connectivity index (χ2n) is 3.72. The minimum atomic E-state index is -0.334. The number of amides is 1. The smallest absolute Gasteiger partial charge is 0.253 e. The molecule has 1 amide bonds. The summed E-state index contributed by atoms with van der Waals surface area (Å²) in [5.41, 5.74) is 0.331. The van der Waals surface area contributed by atoms with Gasteiger partial charge in [0.2, 0.25) is 5.89 Å². The second-order valence-corrected chi connectivity index (χ2v) is 4.12. The number of pyridine rings is 1. The van der Waals surface area contributed by atoms with Crippen LogP contribution in [0.1, 0.15) is 22.1 Å². The van der Waals surface area contributed by atoms with Crippen LogP contribution in [0.15, 0.2) is 16.8 Å². The van der Waals surface area contributed by atoms with Crippen molar-refractivity contribution in [3.05, 3.63) is 34.6 Å². The Labute approximate surface area is 114 Å². The fourth-order valence-corrected chi connectivity index (χ4v) is 1.60. The lowest BCUT2D eigenvalue weighted by Crippen LogP contribution is -2.23. The van der Waals surface area contributed by atoms with Crippen molar-refractivity contribution in [2.45, 2.75) is 13.5 Å². The lowest BCUT2D eigenvalue weighted by molar-refractivity contribution is 0.0946. The molecule has 7 nitrogen and oxygen atoms in total. The van der Waals surface area contributed by atoms with E-state index in [1.54, 1.807) is 20.0 Å². The summed E-state index contributed by atoms with van der Waals surface area (Å²) in [5.74, 6) is 1.08. The van der Waals surface area contributed by atoms with Crippen LogP contribution in [0.2, 0.25) is 5.02 Å². The molecule has 0 aliphatic carbocycles. The first-order chi connectivity index (χ1) is 9.10. The lowest BCUT2D eigenvalue weighted by Gasteiger charge is -2.06. The monoisotopic (exact) mass is 281 g/mol. The van der Waals surface area contributed by atoms with E-state index in [9.17, 15) is 4.79 Å². The second kappa shape index (κ2) is 5.66. The average molecular weight is 282 g/mol. The molecular weight excluding hydrogens is 270 g/mol. The number of nitrogens with one attached hydrogen (secondary N) is 2. The van der Waals surface area contributed by atoms with Crippen molar-refractivity contribution in [2.75, 3.05) is 12.4 Å². The molecule has 2 N–H and O–H groups in total. The number of carbonyl (C=O) groups is 1. The maximum absolute atomic E-state index is 12.0. The van der Waals surface area contributed by atoms with Gasteiger partial charge in [0, 0.05) is 13.2 Å². The molecule has 2 aromatic rings. The molecule has 19 heavy (non-hydrogen) atoms. The Morgan fingerprint density at radius 1 is 1.53 bits per heavy atom. The first kappa shape index (κ1) is 13.3. The Hall–Kier alpha value is -2.15. The quantitative estimate of drug-likeness (QED) is 0.880. The van der Waals surface area contributed by atoms with E-state index in [4.69, 9.17) is 16.1 Å². The zero-order chi connectivity index (χ0) is 13.8. The van der Waals surface area contributed by atoms with Crippen molar-refractivity contribution >= 4 is 23.3 Å². The van der Waals surface area contributed by atoms with Crippen LogP contribution in [0.25, 0.3) is 0 Å². The van der Waals surface area contributed by atoms with Crippen LogP contribution >= 0.6 is 11.6 Å². The van der Waals surface area contributed by atoms with Gasteiger partial charge in [-0.1, -0.05) is 16.8 Å². The van der Waals surface area contributed by atoms with Gasteiger partial charge in [0.1, 0.15) is 5.82 Å². The van der Waals surface area contributed by atoms with Crippen LogP contribution in [0, 0.1) is 6.92 Å². The molecule has 0 radical (unpaired) electrons. The molecule has 0 unspecified atom stereocenters. The number of rotatable bonds is 4. The summed E-state index contributed by atoms with van der Waals surface area (Å²) < 4.78 is 4.89. The maximum atomic E-state index is 12.0. The van der Waals surface area contributed by atoms with Gasteiger partial charge in [0.25, 0.3) is 5.91 Å². The lowest BCUT2D eigenvalue weighted by atomic mass is 10.2. The van der Waals surface area contributed by atoms with Crippen molar-refractivity contribution < 1.29 is 9.32 Å². The zero-order valence-corrected chi connectivity index (χ0v) is 11.2. The third-order valence-corrected chi connectivity index (χ3v) is 2.63. The number of aromatic nitrogens is 3. The normalized spacial score (nSPS) is 10.3. The highest BCUT2D eigenvalue weighted by Crippen LogP contribution is 2.17. The fourth-order valence-electron chi connectivity index (χ4n) is 1.41. The van der Waals surface area contributed by atoms with Gasteiger partial charge in [-0.15, -0.1) is 0 Å². The van der Waals surface area contributed by atoms with Gasteiger partial charge in [0.15, 0.2) is 5.82 Å². The largest absolute Gasteiger partial charge is 0.373 e. The van der Waals surface area contributed by atoms with E-state index in [-0.39, 0.29) is 17.5 Å². The molecule has 0 atom stereocenters. The molecule has 0 aliphatic heterocycles. The van der Waals surface area contributed by atoms with Crippen molar-refractivity contribution in [1.29, 1.82) is 0 Å². The van der Waals surface area contributed by atoms with E-state index < -0.39 is 0 Å². The van der Waals surface area contributed by atoms with Crippen molar-refractivity contribution in [3.63, 3.8) is 0 Å². The van der Waals surface area contributed by atoms with Gasteiger partial charge in [-0.25, -0.2) is 4.98 Å². The van der Waals surface area contributed by atoms with E-state index in [1.807, 2.05) is 0 Å². The Balaban J connectivity index is 2.07. The van der Waals surface area contributed by atoms with Crippen molar-refractivity contribution in [2.24, 2.45) is 0 Å². The maximum Gasteiger partial charge on any atom is 0.253 e. The predicted molar refractivity (Wildman–Crippen MR) is 69.0 cm³/mol. The fraction of sp³-hybridized carbons (Fsp3) is 0.273. The minimum Gasteiger partial charge on any atom is -0.373 e. The number of anilines is 1. The average Bonchev–Trinajstić information content (AvgIpc) is 2.82. The Morgan fingerprint density at radius 2 is 2.32 bits per heavy atom. The van der Waals surface area contributed by atoms with Gasteiger partial charge >= 0.3 is 0 Å². The molecule has 2 rings (SSSR count). The van der Waals surface area contributed by atoms with Gasteiger partial charge in [-0.05, 0) is 13.0 Å². The Morgan fingerprint density at radius 3 is 2.95 bits per heavy atom. The SMILES string of the molecule is CNc1cc(C(=O)NCc2nc(C)no2)c(Cl)cn1. The van der Waals surface area contributed by atoms with Crippen LogP contribution in [0.3, 0.4) is 0 Å². The summed E-state index contributed by atoms with van der Waals surface area (Å²) in [7, 11) is 1.71. The third-order valence-electron chi connectivity index (χ3n) is 2.33. The molecule has 0 aliphatic rings. The zero-order valence-electron chi connectivity index (χ0n) is 10.4. The molecule has 0 fully saturated rings. The van der Waals surface area contributed by atoms with Crippen LogP contribution in [-0.2, 0) is 6.54 Å². The molecule has 2 heterocycles. The number of nitrogens with zero attached hydrogens (tertiary/aromatic N) is 3. The summed E-state index contributed by atoms with van der Waals surface area (Å²) in [6.45, 7) is 1.85. The van der Waals surface area contributed by atoms with Crippen LogP contribution in [0.5, 0.6) is 0 Å². The molecule has 0 saturated heterocycles. The molecule has 0 spiro atoms. The van der Waals surface area contributed by atoms with Crippen LogP contribution in [0.4, 0.5) is 5.82 Å². The van der Waals surface area contributed by atoms with Crippen molar-refractivity contribution in [1.82, 2.24) is 20.4 Å². The van der Waals surface area contributed by atoms with E-state index in [2.05, 4.69) is 25.8 Å².